The smallest absolute Gasteiger partial charge is 0.244 e. The van der Waals surface area contributed by atoms with Gasteiger partial charge in [0.2, 0.25) is 5.91 Å². The summed E-state index contributed by atoms with van der Waals surface area (Å²) in [5.74, 6) is -0.127. The average Bonchev–Trinajstić information content (AvgIpc) is 2.31. The van der Waals surface area contributed by atoms with Gasteiger partial charge in [-0.15, -0.1) is 0 Å². The van der Waals surface area contributed by atoms with Gasteiger partial charge < -0.3 is 10.6 Å². The van der Waals surface area contributed by atoms with Crippen molar-refractivity contribution in [2.24, 2.45) is 0 Å². The minimum atomic E-state index is -0.644. The highest BCUT2D eigenvalue weighted by Gasteiger charge is 2.25. The van der Waals surface area contributed by atoms with Crippen LogP contribution >= 0.6 is 0 Å². The maximum atomic E-state index is 12.0. The number of nitriles is 1. The van der Waals surface area contributed by atoms with Crippen molar-refractivity contribution in [2.75, 3.05) is 12.4 Å². The highest BCUT2D eigenvalue weighted by Crippen LogP contribution is 2.18. The Morgan fingerprint density at radius 3 is 2.59 bits per heavy atom. The third-order valence-electron chi connectivity index (χ3n) is 2.81. The quantitative estimate of drug-likeness (QED) is 0.833. The fourth-order valence-corrected chi connectivity index (χ4v) is 1.22. The first-order chi connectivity index (χ1) is 7.90. The second-order valence-corrected chi connectivity index (χ2v) is 4.47. The number of benzene rings is 1. The molecule has 0 aromatic heterocycles. The van der Waals surface area contributed by atoms with Crippen molar-refractivity contribution in [3.05, 3.63) is 29.3 Å². The molecule has 0 spiro atoms. The van der Waals surface area contributed by atoms with Gasteiger partial charge in [-0.05, 0) is 45.5 Å². The molecule has 0 bridgehead atoms. The molecule has 0 atom stereocenters. The van der Waals surface area contributed by atoms with Crippen molar-refractivity contribution in [1.29, 1.82) is 5.26 Å². The molecule has 4 heteroatoms. The van der Waals surface area contributed by atoms with Gasteiger partial charge in [0.15, 0.2) is 0 Å². The Hall–Kier alpha value is -1.86. The molecule has 1 aromatic carbocycles. The first-order valence-corrected chi connectivity index (χ1v) is 5.42. The topological polar surface area (TPSA) is 64.9 Å². The molecule has 0 saturated carbocycles. The number of carbonyl (C=O) groups is 1. The number of nitrogens with one attached hydrogen (secondary N) is 2. The van der Waals surface area contributed by atoms with E-state index in [-0.39, 0.29) is 5.91 Å². The zero-order chi connectivity index (χ0) is 13.1. The molecule has 1 rings (SSSR count). The molecule has 90 valence electrons. The molecule has 0 aliphatic heterocycles. The highest BCUT2D eigenvalue weighted by molar-refractivity contribution is 5.98. The van der Waals surface area contributed by atoms with E-state index in [2.05, 4.69) is 16.7 Å². The molecule has 1 aromatic rings. The molecule has 0 aliphatic carbocycles. The van der Waals surface area contributed by atoms with E-state index >= 15 is 0 Å². The van der Waals surface area contributed by atoms with Crippen LogP contribution in [-0.4, -0.2) is 18.5 Å². The first-order valence-electron chi connectivity index (χ1n) is 5.42. The molecule has 0 saturated heterocycles. The molecule has 0 radical (unpaired) electrons. The largest absolute Gasteiger partial charge is 0.324 e. The van der Waals surface area contributed by atoms with Crippen LogP contribution in [0.2, 0.25) is 0 Å². The molecule has 0 fully saturated rings. The monoisotopic (exact) mass is 231 g/mol. The van der Waals surface area contributed by atoms with Crippen molar-refractivity contribution in [3.8, 4) is 6.07 Å². The lowest BCUT2D eigenvalue weighted by molar-refractivity contribution is -0.121. The van der Waals surface area contributed by atoms with Crippen molar-refractivity contribution in [1.82, 2.24) is 5.32 Å². The average molecular weight is 231 g/mol. The van der Waals surface area contributed by atoms with Crippen LogP contribution in [0.1, 0.15) is 25.0 Å². The van der Waals surface area contributed by atoms with E-state index in [0.29, 0.717) is 11.3 Å². The molecule has 1 amide bonds. The van der Waals surface area contributed by atoms with E-state index in [0.717, 1.165) is 5.56 Å². The van der Waals surface area contributed by atoms with Gasteiger partial charge in [0.1, 0.15) is 0 Å². The minimum Gasteiger partial charge on any atom is -0.324 e. The summed E-state index contributed by atoms with van der Waals surface area (Å²) in [6.45, 7) is 5.49. The van der Waals surface area contributed by atoms with Gasteiger partial charge in [-0.2, -0.15) is 5.26 Å². The Bertz CT molecular complexity index is 472. The molecular weight excluding hydrogens is 214 g/mol. The summed E-state index contributed by atoms with van der Waals surface area (Å²) < 4.78 is 0. The number of nitrogens with zero attached hydrogens (tertiary/aromatic N) is 1. The van der Waals surface area contributed by atoms with Crippen LogP contribution in [-0.2, 0) is 4.79 Å². The van der Waals surface area contributed by atoms with Crippen LogP contribution < -0.4 is 10.6 Å². The first kappa shape index (κ1) is 13.2. The fraction of sp³-hybridized carbons (Fsp3) is 0.385. The number of anilines is 1. The number of rotatable bonds is 3. The summed E-state index contributed by atoms with van der Waals surface area (Å²) >= 11 is 0. The molecule has 0 unspecified atom stereocenters. The number of hydrogen-bond donors (Lipinski definition) is 2. The maximum Gasteiger partial charge on any atom is 0.244 e. The van der Waals surface area contributed by atoms with Gasteiger partial charge in [0, 0.05) is 5.69 Å². The normalized spacial score (nSPS) is 10.8. The van der Waals surface area contributed by atoms with Gasteiger partial charge in [-0.3, -0.25) is 4.79 Å². The minimum absolute atomic E-state index is 0.127. The second kappa shape index (κ2) is 4.98. The molecular formula is C13H17N3O. The number of carbonyl (C=O) groups excluding carboxylic acids is 1. The van der Waals surface area contributed by atoms with Gasteiger partial charge in [0.05, 0.1) is 17.2 Å². The Morgan fingerprint density at radius 2 is 2.06 bits per heavy atom. The lowest BCUT2D eigenvalue weighted by Crippen LogP contribution is -2.48. The Morgan fingerprint density at radius 1 is 1.41 bits per heavy atom. The van der Waals surface area contributed by atoms with E-state index in [1.807, 2.05) is 13.0 Å². The van der Waals surface area contributed by atoms with Crippen LogP contribution in [0.4, 0.5) is 5.69 Å². The van der Waals surface area contributed by atoms with E-state index in [9.17, 15) is 4.79 Å². The summed E-state index contributed by atoms with van der Waals surface area (Å²) in [7, 11) is 1.73. The number of amides is 1. The predicted octanol–water partition coefficient (Wildman–Crippen LogP) is 1.80. The van der Waals surface area contributed by atoms with Gasteiger partial charge >= 0.3 is 0 Å². The van der Waals surface area contributed by atoms with Gasteiger partial charge in [-0.25, -0.2) is 0 Å². The summed E-state index contributed by atoms with van der Waals surface area (Å²) in [4.78, 5) is 12.0. The summed E-state index contributed by atoms with van der Waals surface area (Å²) in [6.07, 6.45) is 0. The number of aryl methyl sites for hydroxylation is 1. The third kappa shape index (κ3) is 3.05. The second-order valence-electron chi connectivity index (χ2n) is 4.47. The molecule has 4 nitrogen and oxygen atoms in total. The summed E-state index contributed by atoms with van der Waals surface area (Å²) in [5, 5.41) is 14.6. The lowest BCUT2D eigenvalue weighted by atomic mass is 10.0. The van der Waals surface area contributed by atoms with E-state index < -0.39 is 5.54 Å². The van der Waals surface area contributed by atoms with E-state index in [4.69, 9.17) is 5.26 Å². The van der Waals surface area contributed by atoms with Crippen LogP contribution in [0.15, 0.2) is 18.2 Å². The van der Waals surface area contributed by atoms with E-state index in [1.165, 1.54) is 0 Å². The van der Waals surface area contributed by atoms with Crippen LogP contribution in [0, 0.1) is 18.3 Å². The maximum absolute atomic E-state index is 12.0. The van der Waals surface area contributed by atoms with Crippen molar-refractivity contribution in [3.63, 3.8) is 0 Å². The number of likely N-dealkylation sites (N-methyl/N-ethyl adjacent to an activating group) is 1. The van der Waals surface area contributed by atoms with Crippen LogP contribution in [0.3, 0.4) is 0 Å². The number of hydrogen-bond acceptors (Lipinski definition) is 3. The standard InChI is InChI=1S/C13H17N3O/c1-9-5-6-10(8-14)7-11(9)16-12(17)13(2,3)15-4/h5-7,15H,1-4H3,(H,16,17). The van der Waals surface area contributed by atoms with E-state index in [1.54, 1.807) is 33.0 Å². The Balaban J connectivity index is 2.96. The summed E-state index contributed by atoms with van der Waals surface area (Å²) in [5.41, 5.74) is 1.50. The zero-order valence-corrected chi connectivity index (χ0v) is 10.6. The van der Waals surface area contributed by atoms with Crippen molar-refractivity contribution in [2.45, 2.75) is 26.3 Å². The highest BCUT2D eigenvalue weighted by atomic mass is 16.2. The van der Waals surface area contributed by atoms with Gasteiger partial charge in [0.25, 0.3) is 0 Å². The lowest BCUT2D eigenvalue weighted by Gasteiger charge is -2.23. The molecule has 0 aliphatic rings. The third-order valence-corrected chi connectivity index (χ3v) is 2.81. The SMILES string of the molecule is CNC(C)(C)C(=O)Nc1cc(C#N)ccc1C. The molecule has 17 heavy (non-hydrogen) atoms. The fourth-order valence-electron chi connectivity index (χ4n) is 1.22. The molecule has 2 N–H and O–H groups in total. The molecule has 0 heterocycles. The van der Waals surface area contributed by atoms with Crippen molar-refractivity contribution >= 4 is 11.6 Å². The van der Waals surface area contributed by atoms with Crippen LogP contribution in [0.5, 0.6) is 0 Å². The van der Waals surface area contributed by atoms with Crippen molar-refractivity contribution < 1.29 is 4.79 Å². The zero-order valence-electron chi connectivity index (χ0n) is 10.6. The predicted molar refractivity (Wildman–Crippen MR) is 67.7 cm³/mol. The summed E-state index contributed by atoms with van der Waals surface area (Å²) in [6, 6.07) is 7.28. The van der Waals surface area contributed by atoms with Gasteiger partial charge in [-0.1, -0.05) is 6.07 Å². The Labute approximate surface area is 102 Å². The van der Waals surface area contributed by atoms with Crippen LogP contribution in [0.25, 0.3) is 0 Å². The Kier molecular flexibility index (Phi) is 3.87.